The highest BCUT2D eigenvalue weighted by Gasteiger charge is 2.13. The Morgan fingerprint density at radius 3 is 2.50 bits per heavy atom. The van der Waals surface area contributed by atoms with E-state index in [2.05, 4.69) is 15.2 Å². The lowest BCUT2D eigenvalue weighted by molar-refractivity contribution is -0.115. The van der Waals surface area contributed by atoms with Crippen molar-refractivity contribution in [2.75, 3.05) is 23.3 Å². The molecule has 1 amide bonds. The van der Waals surface area contributed by atoms with Gasteiger partial charge in [-0.1, -0.05) is 23.7 Å². The van der Waals surface area contributed by atoms with Crippen molar-refractivity contribution in [1.82, 2.24) is 4.98 Å². The number of amides is 1. The Balaban J connectivity index is 1.57. The number of rotatable bonds is 4. The molecule has 0 spiro atoms. The molecule has 0 saturated carbocycles. The van der Waals surface area contributed by atoms with Gasteiger partial charge in [-0.25, -0.2) is 4.98 Å². The van der Waals surface area contributed by atoms with E-state index >= 15 is 0 Å². The first-order valence-corrected chi connectivity index (χ1v) is 7.84. The summed E-state index contributed by atoms with van der Waals surface area (Å²) in [6, 6.07) is 11.2. The molecule has 1 aliphatic heterocycles. The molecule has 4 nitrogen and oxygen atoms in total. The Labute approximate surface area is 135 Å². The maximum atomic E-state index is 12.0. The third-order valence-electron chi connectivity index (χ3n) is 3.74. The summed E-state index contributed by atoms with van der Waals surface area (Å²) in [6.07, 6.45) is 4.49. The second-order valence-electron chi connectivity index (χ2n) is 5.45. The van der Waals surface area contributed by atoms with Crippen LogP contribution in [0.2, 0.25) is 5.02 Å². The Morgan fingerprint density at radius 2 is 1.86 bits per heavy atom. The summed E-state index contributed by atoms with van der Waals surface area (Å²) in [5.41, 5.74) is 1.66. The van der Waals surface area contributed by atoms with E-state index < -0.39 is 0 Å². The quantitative estimate of drug-likeness (QED) is 0.939. The Morgan fingerprint density at radius 1 is 1.14 bits per heavy atom. The average molecular weight is 316 g/mol. The highest BCUT2D eigenvalue weighted by molar-refractivity contribution is 6.30. The fourth-order valence-electron chi connectivity index (χ4n) is 2.59. The molecule has 1 N–H and O–H groups in total. The van der Waals surface area contributed by atoms with Crippen LogP contribution in [0.25, 0.3) is 0 Å². The number of pyridine rings is 1. The van der Waals surface area contributed by atoms with Gasteiger partial charge in [-0.3, -0.25) is 4.79 Å². The molecular formula is C17H18ClN3O. The predicted octanol–water partition coefficient (Wildman–Crippen LogP) is 3.52. The minimum Gasteiger partial charge on any atom is -0.357 e. The third-order valence-corrected chi connectivity index (χ3v) is 3.99. The van der Waals surface area contributed by atoms with Crippen molar-refractivity contribution in [3.8, 4) is 0 Å². The Bertz CT molecular complexity index is 634. The minimum absolute atomic E-state index is 0.0574. The number of hydrogen-bond acceptors (Lipinski definition) is 3. The molecule has 3 rings (SSSR count). The number of carbonyl (C=O) groups excluding carboxylic acids is 1. The fourth-order valence-corrected chi connectivity index (χ4v) is 2.71. The lowest BCUT2D eigenvalue weighted by Crippen LogP contribution is -2.19. The molecule has 0 aliphatic carbocycles. The number of nitrogens with zero attached hydrogens (tertiary/aromatic N) is 2. The van der Waals surface area contributed by atoms with Gasteiger partial charge in [-0.15, -0.1) is 0 Å². The number of carbonyl (C=O) groups is 1. The molecule has 1 aliphatic rings. The lowest BCUT2D eigenvalue weighted by atomic mass is 10.1. The van der Waals surface area contributed by atoms with Crippen LogP contribution < -0.4 is 10.2 Å². The fraction of sp³-hybridized carbons (Fsp3) is 0.294. The van der Waals surface area contributed by atoms with Crippen molar-refractivity contribution in [2.45, 2.75) is 19.3 Å². The van der Waals surface area contributed by atoms with Gasteiger partial charge in [0.1, 0.15) is 5.82 Å². The van der Waals surface area contributed by atoms with Crippen LogP contribution in [0, 0.1) is 0 Å². The van der Waals surface area contributed by atoms with Crippen LogP contribution in [0.15, 0.2) is 42.6 Å². The standard InChI is InChI=1S/C17H18ClN3O/c18-14-5-3-13(4-6-14)11-17(22)20-15-7-8-16(19-12-15)21-9-1-2-10-21/h3-8,12H,1-2,9-11H2,(H,20,22). The number of halogens is 1. The van der Waals surface area contributed by atoms with Crippen molar-refractivity contribution >= 4 is 29.0 Å². The van der Waals surface area contributed by atoms with Gasteiger partial charge in [0.15, 0.2) is 0 Å². The number of nitrogens with one attached hydrogen (secondary N) is 1. The van der Waals surface area contributed by atoms with E-state index in [0.29, 0.717) is 11.4 Å². The molecule has 2 heterocycles. The molecule has 0 unspecified atom stereocenters. The summed E-state index contributed by atoms with van der Waals surface area (Å²) in [6.45, 7) is 2.13. The second-order valence-corrected chi connectivity index (χ2v) is 5.89. The van der Waals surface area contributed by atoms with E-state index in [1.807, 2.05) is 24.3 Å². The topological polar surface area (TPSA) is 45.2 Å². The zero-order valence-corrected chi connectivity index (χ0v) is 13.0. The monoisotopic (exact) mass is 315 g/mol. The van der Waals surface area contributed by atoms with Gasteiger partial charge in [0.05, 0.1) is 18.3 Å². The van der Waals surface area contributed by atoms with Gasteiger partial charge >= 0.3 is 0 Å². The zero-order chi connectivity index (χ0) is 15.4. The van der Waals surface area contributed by atoms with Crippen molar-refractivity contribution in [3.05, 3.63) is 53.2 Å². The summed E-state index contributed by atoms with van der Waals surface area (Å²) in [7, 11) is 0. The maximum absolute atomic E-state index is 12.0. The third kappa shape index (κ3) is 3.77. The number of hydrogen-bond donors (Lipinski definition) is 1. The SMILES string of the molecule is O=C(Cc1ccc(Cl)cc1)Nc1ccc(N2CCCC2)nc1. The highest BCUT2D eigenvalue weighted by atomic mass is 35.5. The van der Waals surface area contributed by atoms with Gasteiger partial charge in [0.25, 0.3) is 0 Å². The van der Waals surface area contributed by atoms with E-state index in [9.17, 15) is 4.79 Å². The molecule has 5 heteroatoms. The molecule has 1 aromatic heterocycles. The van der Waals surface area contributed by atoms with E-state index in [4.69, 9.17) is 11.6 Å². The van der Waals surface area contributed by atoms with Crippen LogP contribution >= 0.6 is 11.6 Å². The lowest BCUT2D eigenvalue weighted by Gasteiger charge is -2.16. The van der Waals surface area contributed by atoms with Crippen molar-refractivity contribution < 1.29 is 4.79 Å². The van der Waals surface area contributed by atoms with Crippen molar-refractivity contribution in [2.24, 2.45) is 0 Å². The van der Waals surface area contributed by atoms with E-state index in [1.54, 1.807) is 18.3 Å². The van der Waals surface area contributed by atoms with Crippen LogP contribution in [-0.2, 0) is 11.2 Å². The first-order chi connectivity index (χ1) is 10.7. The van der Waals surface area contributed by atoms with Crippen molar-refractivity contribution in [3.63, 3.8) is 0 Å². The first-order valence-electron chi connectivity index (χ1n) is 7.46. The van der Waals surface area contributed by atoms with E-state index in [0.717, 1.165) is 30.2 Å². The van der Waals surface area contributed by atoms with Gasteiger partial charge in [0.2, 0.25) is 5.91 Å². The normalized spacial score (nSPS) is 14.1. The van der Waals surface area contributed by atoms with Gasteiger partial charge in [-0.05, 0) is 42.7 Å². The molecule has 22 heavy (non-hydrogen) atoms. The van der Waals surface area contributed by atoms with E-state index in [-0.39, 0.29) is 5.91 Å². The molecule has 114 valence electrons. The summed E-state index contributed by atoms with van der Waals surface area (Å²) in [5.74, 6) is 0.922. The number of anilines is 2. The number of benzene rings is 1. The van der Waals surface area contributed by atoms with Crippen LogP contribution in [0.5, 0.6) is 0 Å². The van der Waals surface area contributed by atoms with Crippen molar-refractivity contribution in [1.29, 1.82) is 0 Å². The smallest absolute Gasteiger partial charge is 0.228 e. The van der Waals surface area contributed by atoms with Gasteiger partial charge in [0, 0.05) is 18.1 Å². The average Bonchev–Trinajstić information content (AvgIpc) is 3.05. The molecule has 0 atom stereocenters. The summed E-state index contributed by atoms with van der Waals surface area (Å²) in [4.78, 5) is 18.7. The molecule has 2 aromatic rings. The largest absolute Gasteiger partial charge is 0.357 e. The Kier molecular flexibility index (Phi) is 4.59. The Hall–Kier alpha value is -2.07. The number of aromatic nitrogens is 1. The molecule has 1 aromatic carbocycles. The summed E-state index contributed by atoms with van der Waals surface area (Å²) >= 11 is 5.83. The zero-order valence-electron chi connectivity index (χ0n) is 12.3. The summed E-state index contributed by atoms with van der Waals surface area (Å²) in [5, 5.41) is 3.54. The molecule has 1 fully saturated rings. The van der Waals surface area contributed by atoms with Crippen LogP contribution in [-0.4, -0.2) is 24.0 Å². The highest BCUT2D eigenvalue weighted by Crippen LogP contribution is 2.19. The maximum Gasteiger partial charge on any atom is 0.228 e. The van der Waals surface area contributed by atoms with Crippen LogP contribution in [0.3, 0.4) is 0 Å². The molecule has 0 radical (unpaired) electrons. The first kappa shape index (κ1) is 14.9. The predicted molar refractivity (Wildman–Crippen MR) is 89.5 cm³/mol. The van der Waals surface area contributed by atoms with E-state index in [1.165, 1.54) is 12.8 Å². The summed E-state index contributed by atoms with van der Waals surface area (Å²) < 4.78 is 0. The molecule has 1 saturated heterocycles. The van der Waals surface area contributed by atoms with Crippen LogP contribution in [0.1, 0.15) is 18.4 Å². The molecular weight excluding hydrogens is 298 g/mol. The van der Waals surface area contributed by atoms with Crippen LogP contribution in [0.4, 0.5) is 11.5 Å². The van der Waals surface area contributed by atoms with Gasteiger partial charge < -0.3 is 10.2 Å². The molecule has 0 bridgehead atoms. The second kappa shape index (κ2) is 6.79. The van der Waals surface area contributed by atoms with Gasteiger partial charge in [-0.2, -0.15) is 0 Å². The minimum atomic E-state index is -0.0574.